The number of Topliss-reactive ketones (excluding diaryl/α,β-unsaturated/α-hetero) is 1. The van der Waals surface area contributed by atoms with Crippen molar-refractivity contribution in [2.45, 2.75) is 44.4 Å². The first-order chi connectivity index (χ1) is 6.47. The summed E-state index contributed by atoms with van der Waals surface area (Å²) in [5.74, 6) is -4.56. The van der Waals surface area contributed by atoms with E-state index < -0.39 is 17.5 Å². The van der Waals surface area contributed by atoms with E-state index in [2.05, 4.69) is 5.32 Å². The van der Waals surface area contributed by atoms with E-state index in [0.29, 0.717) is 6.42 Å². The molecule has 0 heterocycles. The third kappa shape index (κ3) is 2.77. The van der Waals surface area contributed by atoms with Gasteiger partial charge >= 0.3 is 0 Å². The van der Waals surface area contributed by atoms with Gasteiger partial charge in [0.05, 0.1) is 0 Å². The maximum atomic E-state index is 13.4. The fourth-order valence-corrected chi connectivity index (χ4v) is 1.14. The molecule has 1 rings (SSSR count). The standard InChI is InChI=1S/C9H15FN2O2/c1-2-5-9(10,11)7(13)8(14)12-6-3-4-6/h6H,2-5,11H2,1H3,(H,12,14)/t9-/m1/s1. The summed E-state index contributed by atoms with van der Waals surface area (Å²) in [5, 5.41) is 2.41. The number of hydrogen-bond acceptors (Lipinski definition) is 3. The monoisotopic (exact) mass is 202 g/mol. The molecule has 5 heteroatoms. The lowest BCUT2D eigenvalue weighted by Crippen LogP contribution is -2.51. The molecule has 80 valence electrons. The van der Waals surface area contributed by atoms with Crippen molar-refractivity contribution in [1.29, 1.82) is 0 Å². The van der Waals surface area contributed by atoms with Gasteiger partial charge in [0.15, 0.2) is 0 Å². The van der Waals surface area contributed by atoms with Gasteiger partial charge in [-0.05, 0) is 12.8 Å². The lowest BCUT2D eigenvalue weighted by Gasteiger charge is -2.16. The molecule has 0 unspecified atom stereocenters. The van der Waals surface area contributed by atoms with Gasteiger partial charge in [0.2, 0.25) is 5.79 Å². The van der Waals surface area contributed by atoms with Crippen molar-refractivity contribution in [3.63, 3.8) is 0 Å². The van der Waals surface area contributed by atoms with Gasteiger partial charge in [-0.1, -0.05) is 13.3 Å². The maximum absolute atomic E-state index is 13.4. The smallest absolute Gasteiger partial charge is 0.292 e. The van der Waals surface area contributed by atoms with E-state index >= 15 is 0 Å². The number of hydrogen-bond donors (Lipinski definition) is 2. The fourth-order valence-electron chi connectivity index (χ4n) is 1.14. The van der Waals surface area contributed by atoms with Crippen molar-refractivity contribution < 1.29 is 14.0 Å². The van der Waals surface area contributed by atoms with Gasteiger partial charge in [0, 0.05) is 12.5 Å². The highest BCUT2D eigenvalue weighted by atomic mass is 19.1. The van der Waals surface area contributed by atoms with Gasteiger partial charge in [-0.2, -0.15) is 0 Å². The van der Waals surface area contributed by atoms with Gasteiger partial charge in [0.25, 0.3) is 11.7 Å². The Morgan fingerprint density at radius 3 is 2.57 bits per heavy atom. The predicted octanol–water partition coefficient (Wildman–Crippen LogP) is 0.259. The number of ketones is 1. The van der Waals surface area contributed by atoms with E-state index in [1.807, 2.05) is 0 Å². The molecule has 1 fully saturated rings. The second-order valence-electron chi connectivity index (χ2n) is 3.69. The summed E-state index contributed by atoms with van der Waals surface area (Å²) >= 11 is 0. The summed E-state index contributed by atoms with van der Waals surface area (Å²) in [6.45, 7) is 1.70. The zero-order valence-electron chi connectivity index (χ0n) is 8.18. The summed E-state index contributed by atoms with van der Waals surface area (Å²) < 4.78 is 13.4. The summed E-state index contributed by atoms with van der Waals surface area (Å²) in [6, 6.07) is 0.0453. The minimum absolute atomic E-state index is 0.0453. The molecule has 1 aliphatic carbocycles. The SMILES string of the molecule is CCC[C@](N)(F)C(=O)C(=O)NC1CC1. The van der Waals surface area contributed by atoms with Crippen LogP contribution in [0.15, 0.2) is 0 Å². The number of amides is 1. The first-order valence-electron chi connectivity index (χ1n) is 4.80. The number of halogens is 1. The first kappa shape index (κ1) is 11.1. The molecule has 3 N–H and O–H groups in total. The second-order valence-corrected chi connectivity index (χ2v) is 3.69. The van der Waals surface area contributed by atoms with Crippen molar-refractivity contribution >= 4 is 11.7 Å². The van der Waals surface area contributed by atoms with Gasteiger partial charge in [-0.15, -0.1) is 0 Å². The molecular formula is C9H15FN2O2. The van der Waals surface area contributed by atoms with Gasteiger partial charge in [0.1, 0.15) is 0 Å². The van der Waals surface area contributed by atoms with Crippen LogP contribution in [0, 0.1) is 0 Å². The summed E-state index contributed by atoms with van der Waals surface area (Å²) in [7, 11) is 0. The average Bonchev–Trinajstić information content (AvgIpc) is 2.86. The Hall–Kier alpha value is -0.970. The molecule has 0 aromatic carbocycles. The van der Waals surface area contributed by atoms with Crippen LogP contribution in [-0.4, -0.2) is 23.5 Å². The molecule has 0 spiro atoms. The van der Waals surface area contributed by atoms with Crippen LogP contribution in [0.2, 0.25) is 0 Å². The Morgan fingerprint density at radius 1 is 1.57 bits per heavy atom. The van der Waals surface area contributed by atoms with Crippen LogP contribution in [0.25, 0.3) is 0 Å². The topological polar surface area (TPSA) is 72.2 Å². The molecular weight excluding hydrogens is 187 g/mol. The number of nitrogens with one attached hydrogen (secondary N) is 1. The molecule has 1 amide bonds. The quantitative estimate of drug-likeness (QED) is 0.496. The van der Waals surface area contributed by atoms with Crippen LogP contribution < -0.4 is 11.1 Å². The number of alkyl halides is 1. The highest BCUT2D eigenvalue weighted by molar-refractivity contribution is 6.39. The van der Waals surface area contributed by atoms with Crippen LogP contribution >= 0.6 is 0 Å². The normalized spacial score (nSPS) is 19.9. The van der Waals surface area contributed by atoms with E-state index in [0.717, 1.165) is 12.8 Å². The van der Waals surface area contributed by atoms with E-state index in [4.69, 9.17) is 5.73 Å². The molecule has 0 saturated heterocycles. The highest BCUT2D eigenvalue weighted by Gasteiger charge is 2.39. The molecule has 0 aliphatic heterocycles. The van der Waals surface area contributed by atoms with Crippen molar-refractivity contribution in [3.8, 4) is 0 Å². The zero-order chi connectivity index (χ0) is 10.8. The molecule has 0 aromatic rings. The number of carbonyl (C=O) groups excluding carboxylic acids is 2. The Kier molecular flexibility index (Phi) is 3.21. The first-order valence-corrected chi connectivity index (χ1v) is 4.80. The van der Waals surface area contributed by atoms with Gasteiger partial charge in [-0.3, -0.25) is 15.3 Å². The molecule has 1 saturated carbocycles. The van der Waals surface area contributed by atoms with Crippen LogP contribution in [0.1, 0.15) is 32.6 Å². The van der Waals surface area contributed by atoms with Gasteiger partial charge in [-0.25, -0.2) is 4.39 Å². The molecule has 0 bridgehead atoms. The largest absolute Gasteiger partial charge is 0.347 e. The Balaban J connectivity index is 2.48. The summed E-state index contributed by atoms with van der Waals surface area (Å²) in [4.78, 5) is 22.3. The molecule has 0 radical (unpaired) electrons. The molecule has 4 nitrogen and oxygen atoms in total. The third-order valence-electron chi connectivity index (χ3n) is 2.11. The van der Waals surface area contributed by atoms with Crippen LogP contribution in [0.3, 0.4) is 0 Å². The lowest BCUT2D eigenvalue weighted by atomic mass is 10.1. The number of rotatable bonds is 5. The van der Waals surface area contributed by atoms with Crippen LogP contribution in [-0.2, 0) is 9.59 Å². The Labute approximate surface area is 82.0 Å². The highest BCUT2D eigenvalue weighted by Crippen LogP contribution is 2.19. The molecule has 14 heavy (non-hydrogen) atoms. The second kappa shape index (κ2) is 4.04. The van der Waals surface area contributed by atoms with E-state index in [-0.39, 0.29) is 12.5 Å². The van der Waals surface area contributed by atoms with E-state index in [1.54, 1.807) is 6.92 Å². The van der Waals surface area contributed by atoms with Crippen LogP contribution in [0.4, 0.5) is 4.39 Å². The minimum atomic E-state index is -2.51. The average molecular weight is 202 g/mol. The number of nitrogens with two attached hydrogens (primary N) is 1. The van der Waals surface area contributed by atoms with Crippen molar-refractivity contribution in [1.82, 2.24) is 5.32 Å². The van der Waals surface area contributed by atoms with Crippen molar-refractivity contribution in [3.05, 3.63) is 0 Å². The van der Waals surface area contributed by atoms with Crippen molar-refractivity contribution in [2.24, 2.45) is 5.73 Å². The predicted molar refractivity (Wildman–Crippen MR) is 49.1 cm³/mol. The molecule has 0 aromatic heterocycles. The maximum Gasteiger partial charge on any atom is 0.292 e. The summed E-state index contributed by atoms with van der Waals surface area (Å²) in [6.07, 6.45) is 2.02. The van der Waals surface area contributed by atoms with Crippen LogP contribution in [0.5, 0.6) is 0 Å². The van der Waals surface area contributed by atoms with Gasteiger partial charge < -0.3 is 5.32 Å². The minimum Gasteiger partial charge on any atom is -0.347 e. The lowest BCUT2D eigenvalue weighted by molar-refractivity contribution is -0.145. The van der Waals surface area contributed by atoms with Crippen molar-refractivity contribution in [2.75, 3.05) is 0 Å². The Morgan fingerprint density at radius 2 is 2.14 bits per heavy atom. The Bertz CT molecular complexity index is 249. The fraction of sp³-hybridized carbons (Fsp3) is 0.778. The van der Waals surface area contributed by atoms with E-state index in [9.17, 15) is 14.0 Å². The zero-order valence-corrected chi connectivity index (χ0v) is 8.18. The third-order valence-corrected chi connectivity index (χ3v) is 2.11. The summed E-state index contributed by atoms with van der Waals surface area (Å²) in [5.41, 5.74) is 5.09. The molecule has 1 atom stereocenters. The number of carbonyl (C=O) groups is 2. The van der Waals surface area contributed by atoms with E-state index in [1.165, 1.54) is 0 Å². The molecule has 1 aliphatic rings.